The zero-order valence-electron chi connectivity index (χ0n) is 11.6. The Hall–Kier alpha value is -2.12. The average molecular weight is 262 g/mol. The zero-order chi connectivity index (χ0) is 13.9. The van der Waals surface area contributed by atoms with Gasteiger partial charge in [0.15, 0.2) is 0 Å². The second-order valence-corrected chi connectivity index (χ2v) is 5.21. The van der Waals surface area contributed by atoms with Gasteiger partial charge in [-0.05, 0) is 34.4 Å². The predicted molar refractivity (Wildman–Crippen MR) is 83.8 cm³/mol. The third kappa shape index (κ3) is 2.45. The molecule has 0 aliphatic rings. The SMILES string of the molecule is Cc1ccccc1C(O)Cc1cccc2ccccc12. The molecule has 0 spiro atoms. The number of fused-ring (bicyclic) bond motifs is 1. The smallest absolute Gasteiger partial charge is 0.0833 e. The Labute approximate surface area is 119 Å². The van der Waals surface area contributed by atoms with Gasteiger partial charge in [-0.1, -0.05) is 66.7 Å². The van der Waals surface area contributed by atoms with E-state index in [2.05, 4.69) is 30.3 Å². The number of rotatable bonds is 3. The molecule has 100 valence electrons. The van der Waals surface area contributed by atoms with Crippen molar-refractivity contribution in [3.05, 3.63) is 83.4 Å². The molecule has 1 N–H and O–H groups in total. The highest BCUT2D eigenvalue weighted by atomic mass is 16.3. The van der Waals surface area contributed by atoms with Crippen LogP contribution in [0, 0.1) is 6.92 Å². The van der Waals surface area contributed by atoms with E-state index in [9.17, 15) is 5.11 Å². The molecule has 0 aromatic heterocycles. The lowest BCUT2D eigenvalue weighted by Gasteiger charge is -2.15. The van der Waals surface area contributed by atoms with Gasteiger partial charge in [0, 0.05) is 6.42 Å². The molecule has 20 heavy (non-hydrogen) atoms. The van der Waals surface area contributed by atoms with Crippen LogP contribution in [0.4, 0.5) is 0 Å². The normalized spacial score (nSPS) is 12.5. The van der Waals surface area contributed by atoms with Crippen LogP contribution in [0.15, 0.2) is 66.7 Å². The highest BCUT2D eigenvalue weighted by Crippen LogP contribution is 2.26. The van der Waals surface area contributed by atoms with E-state index in [0.29, 0.717) is 6.42 Å². The molecular weight excluding hydrogens is 244 g/mol. The second kappa shape index (κ2) is 5.48. The molecule has 3 aromatic carbocycles. The largest absolute Gasteiger partial charge is 0.388 e. The van der Waals surface area contributed by atoms with E-state index >= 15 is 0 Å². The van der Waals surface area contributed by atoms with Crippen LogP contribution < -0.4 is 0 Å². The van der Waals surface area contributed by atoms with Crippen molar-refractivity contribution < 1.29 is 5.11 Å². The molecule has 3 aromatic rings. The third-order valence-electron chi connectivity index (χ3n) is 3.84. The first kappa shape index (κ1) is 12.9. The van der Waals surface area contributed by atoms with Crippen molar-refractivity contribution >= 4 is 10.8 Å². The van der Waals surface area contributed by atoms with Crippen LogP contribution in [-0.2, 0) is 6.42 Å². The van der Waals surface area contributed by atoms with Crippen molar-refractivity contribution in [1.29, 1.82) is 0 Å². The van der Waals surface area contributed by atoms with Gasteiger partial charge in [0.05, 0.1) is 6.10 Å². The highest BCUT2D eigenvalue weighted by Gasteiger charge is 2.12. The fourth-order valence-electron chi connectivity index (χ4n) is 2.75. The Bertz CT molecular complexity index is 725. The molecule has 1 atom stereocenters. The Balaban J connectivity index is 1.96. The maximum Gasteiger partial charge on any atom is 0.0833 e. The van der Waals surface area contributed by atoms with Gasteiger partial charge in [0.1, 0.15) is 0 Å². The summed E-state index contributed by atoms with van der Waals surface area (Å²) in [7, 11) is 0. The standard InChI is InChI=1S/C19H18O/c1-14-7-2-4-11-17(14)19(20)13-16-10-6-9-15-8-3-5-12-18(15)16/h2-12,19-20H,13H2,1H3. The second-order valence-electron chi connectivity index (χ2n) is 5.21. The fourth-order valence-corrected chi connectivity index (χ4v) is 2.75. The lowest BCUT2D eigenvalue weighted by Crippen LogP contribution is -2.04. The molecule has 0 aliphatic heterocycles. The van der Waals surface area contributed by atoms with E-state index < -0.39 is 6.10 Å². The van der Waals surface area contributed by atoms with Crippen LogP contribution >= 0.6 is 0 Å². The molecule has 0 radical (unpaired) electrons. The van der Waals surface area contributed by atoms with E-state index in [1.54, 1.807) is 0 Å². The van der Waals surface area contributed by atoms with Crippen molar-refractivity contribution in [2.24, 2.45) is 0 Å². The van der Waals surface area contributed by atoms with Gasteiger partial charge in [-0.15, -0.1) is 0 Å². The molecule has 0 heterocycles. The van der Waals surface area contributed by atoms with Crippen molar-refractivity contribution in [3.8, 4) is 0 Å². The Morgan fingerprint density at radius 3 is 2.40 bits per heavy atom. The summed E-state index contributed by atoms with van der Waals surface area (Å²) in [5.74, 6) is 0. The highest BCUT2D eigenvalue weighted by molar-refractivity contribution is 5.85. The number of aliphatic hydroxyl groups is 1. The van der Waals surface area contributed by atoms with Crippen molar-refractivity contribution in [3.63, 3.8) is 0 Å². The van der Waals surface area contributed by atoms with Gasteiger partial charge < -0.3 is 5.11 Å². The monoisotopic (exact) mass is 262 g/mol. The number of hydrogen-bond acceptors (Lipinski definition) is 1. The number of aliphatic hydroxyl groups excluding tert-OH is 1. The molecule has 1 unspecified atom stereocenters. The van der Waals surface area contributed by atoms with E-state index in [0.717, 1.165) is 11.1 Å². The predicted octanol–water partition coefficient (Wildman–Crippen LogP) is 4.42. The molecule has 0 saturated carbocycles. The lowest BCUT2D eigenvalue weighted by atomic mass is 9.95. The summed E-state index contributed by atoms with van der Waals surface area (Å²) in [6, 6.07) is 22.6. The van der Waals surface area contributed by atoms with Crippen molar-refractivity contribution in [1.82, 2.24) is 0 Å². The molecule has 0 amide bonds. The first-order valence-corrected chi connectivity index (χ1v) is 6.96. The summed E-state index contributed by atoms with van der Waals surface area (Å²) >= 11 is 0. The Morgan fingerprint density at radius 1 is 0.850 bits per heavy atom. The van der Waals surface area contributed by atoms with E-state index in [4.69, 9.17) is 0 Å². The van der Waals surface area contributed by atoms with Crippen LogP contribution in [0.3, 0.4) is 0 Å². The van der Waals surface area contributed by atoms with Crippen molar-refractivity contribution in [2.75, 3.05) is 0 Å². The quantitative estimate of drug-likeness (QED) is 0.740. The first-order valence-electron chi connectivity index (χ1n) is 6.96. The summed E-state index contributed by atoms with van der Waals surface area (Å²) in [6.45, 7) is 2.04. The Kier molecular flexibility index (Phi) is 3.53. The minimum absolute atomic E-state index is 0.456. The van der Waals surface area contributed by atoms with Crippen molar-refractivity contribution in [2.45, 2.75) is 19.4 Å². The van der Waals surface area contributed by atoms with Crippen LogP contribution in [0.1, 0.15) is 22.8 Å². The number of benzene rings is 3. The third-order valence-corrected chi connectivity index (χ3v) is 3.84. The number of aryl methyl sites for hydroxylation is 1. The summed E-state index contributed by atoms with van der Waals surface area (Å²) in [6.07, 6.45) is 0.189. The van der Waals surface area contributed by atoms with Crippen LogP contribution in [0.5, 0.6) is 0 Å². The summed E-state index contributed by atoms with van der Waals surface area (Å²) in [5, 5.41) is 13.0. The molecule has 1 nitrogen and oxygen atoms in total. The van der Waals surface area contributed by atoms with Gasteiger partial charge in [-0.3, -0.25) is 0 Å². The molecule has 3 rings (SSSR count). The molecule has 0 saturated heterocycles. The zero-order valence-corrected chi connectivity index (χ0v) is 11.6. The average Bonchev–Trinajstić information content (AvgIpc) is 2.48. The molecule has 0 fully saturated rings. The minimum atomic E-state index is -0.456. The molecular formula is C19H18O. The molecule has 0 aliphatic carbocycles. The van der Waals surface area contributed by atoms with Gasteiger partial charge >= 0.3 is 0 Å². The van der Waals surface area contributed by atoms with E-state index in [-0.39, 0.29) is 0 Å². The first-order chi connectivity index (χ1) is 9.75. The summed E-state index contributed by atoms with van der Waals surface area (Å²) < 4.78 is 0. The Morgan fingerprint density at radius 2 is 1.55 bits per heavy atom. The van der Waals surface area contributed by atoms with Crippen LogP contribution in [0.2, 0.25) is 0 Å². The topological polar surface area (TPSA) is 20.2 Å². The van der Waals surface area contributed by atoms with Gasteiger partial charge in [0.25, 0.3) is 0 Å². The van der Waals surface area contributed by atoms with Crippen LogP contribution in [0.25, 0.3) is 10.8 Å². The van der Waals surface area contributed by atoms with E-state index in [1.807, 2.05) is 43.3 Å². The lowest BCUT2D eigenvalue weighted by molar-refractivity contribution is 0.178. The van der Waals surface area contributed by atoms with Crippen LogP contribution in [-0.4, -0.2) is 5.11 Å². The van der Waals surface area contributed by atoms with Gasteiger partial charge in [-0.2, -0.15) is 0 Å². The molecule has 1 heteroatoms. The summed E-state index contributed by atoms with van der Waals surface area (Å²) in [4.78, 5) is 0. The van der Waals surface area contributed by atoms with E-state index in [1.165, 1.54) is 16.3 Å². The fraction of sp³-hybridized carbons (Fsp3) is 0.158. The maximum atomic E-state index is 10.5. The maximum absolute atomic E-state index is 10.5. The summed E-state index contributed by atoms with van der Waals surface area (Å²) in [5.41, 5.74) is 3.35. The molecule has 0 bridgehead atoms. The van der Waals surface area contributed by atoms with Gasteiger partial charge in [0.2, 0.25) is 0 Å². The van der Waals surface area contributed by atoms with Gasteiger partial charge in [-0.25, -0.2) is 0 Å². The number of hydrogen-bond donors (Lipinski definition) is 1. The minimum Gasteiger partial charge on any atom is -0.388 e.